The van der Waals surface area contributed by atoms with Crippen LogP contribution in [0.4, 0.5) is 0 Å². The Morgan fingerprint density at radius 1 is 1.50 bits per heavy atom. The average molecular weight is 267 g/mol. The van der Waals surface area contributed by atoms with Crippen LogP contribution >= 0.6 is 11.3 Å². The topological polar surface area (TPSA) is 76.3 Å². The van der Waals surface area contributed by atoms with Gasteiger partial charge in [0.25, 0.3) is 5.91 Å². The molecule has 1 aliphatic heterocycles. The molecule has 98 valence electrons. The molecule has 0 radical (unpaired) electrons. The van der Waals surface area contributed by atoms with Crippen molar-refractivity contribution in [3.8, 4) is 0 Å². The van der Waals surface area contributed by atoms with Crippen LogP contribution in [0.3, 0.4) is 0 Å². The molecule has 0 spiro atoms. The van der Waals surface area contributed by atoms with E-state index in [1.165, 1.54) is 11.3 Å². The molecule has 2 rings (SSSR count). The molecule has 1 aromatic rings. The van der Waals surface area contributed by atoms with Gasteiger partial charge in [-0.2, -0.15) is 0 Å². The van der Waals surface area contributed by atoms with Crippen LogP contribution in [-0.4, -0.2) is 34.8 Å². The van der Waals surface area contributed by atoms with Gasteiger partial charge in [0.05, 0.1) is 5.01 Å². The van der Waals surface area contributed by atoms with E-state index in [0.29, 0.717) is 18.0 Å². The summed E-state index contributed by atoms with van der Waals surface area (Å²) in [7, 11) is 0. The van der Waals surface area contributed by atoms with Gasteiger partial charge < -0.3 is 10.6 Å². The molecule has 5 nitrogen and oxygen atoms in total. The van der Waals surface area contributed by atoms with Crippen molar-refractivity contribution in [3.05, 3.63) is 16.1 Å². The third-order valence-corrected chi connectivity index (χ3v) is 4.28. The van der Waals surface area contributed by atoms with Crippen LogP contribution in [0.1, 0.15) is 47.6 Å². The van der Waals surface area contributed by atoms with Gasteiger partial charge in [0.15, 0.2) is 0 Å². The predicted molar refractivity (Wildman–Crippen MR) is 69.5 cm³/mol. The lowest BCUT2D eigenvalue weighted by Gasteiger charge is -2.30. The molecule has 18 heavy (non-hydrogen) atoms. The summed E-state index contributed by atoms with van der Waals surface area (Å²) in [5.41, 5.74) is 5.54. The SMILES string of the molecule is CCC(=O)N1CCC(c2nc(C(N)=O)cs2)CC1. The monoisotopic (exact) mass is 267 g/mol. The smallest absolute Gasteiger partial charge is 0.268 e. The maximum absolute atomic E-state index is 11.6. The van der Waals surface area contributed by atoms with E-state index in [4.69, 9.17) is 5.73 Å². The van der Waals surface area contributed by atoms with Gasteiger partial charge in [-0.15, -0.1) is 11.3 Å². The summed E-state index contributed by atoms with van der Waals surface area (Å²) in [6.45, 7) is 3.44. The molecule has 2 N–H and O–H groups in total. The van der Waals surface area contributed by atoms with E-state index in [0.717, 1.165) is 30.9 Å². The van der Waals surface area contributed by atoms with Crippen LogP contribution in [-0.2, 0) is 4.79 Å². The Hall–Kier alpha value is -1.43. The van der Waals surface area contributed by atoms with Gasteiger partial charge in [-0.25, -0.2) is 4.98 Å². The number of hydrogen-bond donors (Lipinski definition) is 1. The van der Waals surface area contributed by atoms with E-state index in [2.05, 4.69) is 4.98 Å². The molecule has 1 fully saturated rings. The normalized spacial score (nSPS) is 16.8. The Morgan fingerprint density at radius 3 is 2.67 bits per heavy atom. The Morgan fingerprint density at radius 2 is 2.17 bits per heavy atom. The van der Waals surface area contributed by atoms with Crippen molar-refractivity contribution in [2.45, 2.75) is 32.1 Å². The van der Waals surface area contributed by atoms with Crippen molar-refractivity contribution in [2.24, 2.45) is 5.73 Å². The minimum atomic E-state index is -0.476. The molecule has 0 aliphatic carbocycles. The van der Waals surface area contributed by atoms with Gasteiger partial charge in [0.2, 0.25) is 5.91 Å². The molecule has 2 amide bonds. The third kappa shape index (κ3) is 2.69. The number of carbonyl (C=O) groups is 2. The second kappa shape index (κ2) is 5.48. The highest BCUT2D eigenvalue weighted by Crippen LogP contribution is 2.30. The molecule has 1 saturated heterocycles. The first-order valence-corrected chi connectivity index (χ1v) is 7.02. The van der Waals surface area contributed by atoms with Crippen molar-refractivity contribution >= 4 is 23.2 Å². The number of piperidine rings is 1. The van der Waals surface area contributed by atoms with E-state index >= 15 is 0 Å². The zero-order valence-corrected chi connectivity index (χ0v) is 11.2. The molecule has 0 atom stereocenters. The summed E-state index contributed by atoms with van der Waals surface area (Å²) in [4.78, 5) is 28.7. The molecule has 2 heterocycles. The van der Waals surface area contributed by atoms with Gasteiger partial charge in [0, 0.05) is 30.8 Å². The van der Waals surface area contributed by atoms with Crippen LogP contribution in [0.2, 0.25) is 0 Å². The molecular formula is C12H17N3O2S. The highest BCUT2D eigenvalue weighted by molar-refractivity contribution is 7.09. The van der Waals surface area contributed by atoms with Gasteiger partial charge in [-0.05, 0) is 12.8 Å². The summed E-state index contributed by atoms with van der Waals surface area (Å²) in [6.07, 6.45) is 2.39. The first kappa shape index (κ1) is 13.0. The van der Waals surface area contributed by atoms with E-state index in [1.54, 1.807) is 5.38 Å². The van der Waals surface area contributed by atoms with E-state index < -0.39 is 5.91 Å². The van der Waals surface area contributed by atoms with Crippen molar-refractivity contribution in [3.63, 3.8) is 0 Å². The Bertz CT molecular complexity index is 450. The van der Waals surface area contributed by atoms with Crippen molar-refractivity contribution in [1.29, 1.82) is 0 Å². The number of aromatic nitrogens is 1. The van der Waals surface area contributed by atoms with Gasteiger partial charge in [0.1, 0.15) is 5.69 Å². The summed E-state index contributed by atoms with van der Waals surface area (Å²) in [6, 6.07) is 0. The highest BCUT2D eigenvalue weighted by atomic mass is 32.1. The van der Waals surface area contributed by atoms with Crippen molar-refractivity contribution < 1.29 is 9.59 Å². The maximum atomic E-state index is 11.6. The number of nitrogens with two attached hydrogens (primary N) is 1. The summed E-state index contributed by atoms with van der Waals surface area (Å²) < 4.78 is 0. The van der Waals surface area contributed by atoms with Crippen LogP contribution in [0.25, 0.3) is 0 Å². The van der Waals surface area contributed by atoms with E-state index in [9.17, 15) is 9.59 Å². The standard InChI is InChI=1S/C12H17N3O2S/c1-2-10(16)15-5-3-8(4-6-15)12-14-9(7-18-12)11(13)17/h7-8H,2-6H2,1H3,(H2,13,17). The molecule has 1 aliphatic rings. The number of likely N-dealkylation sites (tertiary alicyclic amines) is 1. The Balaban J connectivity index is 1.96. The van der Waals surface area contributed by atoms with Crippen LogP contribution in [0.15, 0.2) is 5.38 Å². The largest absolute Gasteiger partial charge is 0.364 e. The molecule has 0 bridgehead atoms. The van der Waals surface area contributed by atoms with Crippen LogP contribution in [0.5, 0.6) is 0 Å². The summed E-state index contributed by atoms with van der Waals surface area (Å²) in [5, 5.41) is 2.67. The Kier molecular flexibility index (Phi) is 3.96. The van der Waals surface area contributed by atoms with Crippen molar-refractivity contribution in [1.82, 2.24) is 9.88 Å². The molecule has 0 saturated carbocycles. The first-order valence-electron chi connectivity index (χ1n) is 6.14. The fourth-order valence-corrected chi connectivity index (χ4v) is 3.17. The lowest BCUT2D eigenvalue weighted by molar-refractivity contribution is -0.131. The Labute approximate surface area is 110 Å². The quantitative estimate of drug-likeness (QED) is 0.898. The number of thiazole rings is 1. The number of primary amides is 1. The lowest BCUT2D eigenvalue weighted by Crippen LogP contribution is -2.37. The lowest BCUT2D eigenvalue weighted by atomic mass is 9.97. The van der Waals surface area contributed by atoms with Gasteiger partial charge >= 0.3 is 0 Å². The minimum Gasteiger partial charge on any atom is -0.364 e. The number of carbonyl (C=O) groups excluding carboxylic acids is 2. The van der Waals surface area contributed by atoms with E-state index in [-0.39, 0.29) is 5.91 Å². The highest BCUT2D eigenvalue weighted by Gasteiger charge is 2.25. The summed E-state index contributed by atoms with van der Waals surface area (Å²) in [5.74, 6) is 0.0884. The minimum absolute atomic E-state index is 0.213. The van der Waals surface area contributed by atoms with E-state index in [1.807, 2.05) is 11.8 Å². The molecule has 0 unspecified atom stereocenters. The first-order chi connectivity index (χ1) is 8.61. The number of rotatable bonds is 3. The van der Waals surface area contributed by atoms with Crippen LogP contribution < -0.4 is 5.73 Å². The fraction of sp³-hybridized carbons (Fsp3) is 0.583. The fourth-order valence-electron chi connectivity index (χ4n) is 2.19. The van der Waals surface area contributed by atoms with Crippen LogP contribution in [0, 0.1) is 0 Å². The third-order valence-electron chi connectivity index (χ3n) is 3.27. The zero-order valence-electron chi connectivity index (χ0n) is 10.4. The maximum Gasteiger partial charge on any atom is 0.268 e. The molecule has 6 heteroatoms. The average Bonchev–Trinajstić information content (AvgIpc) is 2.88. The molecule has 0 aromatic carbocycles. The number of nitrogens with zero attached hydrogens (tertiary/aromatic N) is 2. The zero-order chi connectivity index (χ0) is 13.1. The number of hydrogen-bond acceptors (Lipinski definition) is 4. The second-order valence-electron chi connectivity index (χ2n) is 4.44. The molecular weight excluding hydrogens is 250 g/mol. The predicted octanol–water partition coefficient (Wildman–Crippen LogP) is 1.36. The number of amides is 2. The van der Waals surface area contributed by atoms with Gasteiger partial charge in [-0.3, -0.25) is 9.59 Å². The summed E-state index contributed by atoms with van der Waals surface area (Å²) >= 11 is 1.48. The second-order valence-corrected chi connectivity index (χ2v) is 5.33. The van der Waals surface area contributed by atoms with Crippen molar-refractivity contribution in [2.75, 3.05) is 13.1 Å². The van der Waals surface area contributed by atoms with Gasteiger partial charge in [-0.1, -0.05) is 6.92 Å². The molecule has 1 aromatic heterocycles.